The highest BCUT2D eigenvalue weighted by molar-refractivity contribution is 5.82. The van der Waals surface area contributed by atoms with E-state index in [4.69, 9.17) is 14.1 Å². The molecule has 4 aromatic rings. The molecule has 35 heavy (non-hydrogen) atoms. The second-order valence-electron chi connectivity index (χ2n) is 10.9. The highest BCUT2D eigenvalue weighted by Gasteiger charge is 2.48. The summed E-state index contributed by atoms with van der Waals surface area (Å²) in [7, 11) is 0. The summed E-state index contributed by atoms with van der Waals surface area (Å²) in [6.07, 6.45) is 5.11. The van der Waals surface area contributed by atoms with Crippen LogP contribution >= 0.6 is 0 Å². The zero-order chi connectivity index (χ0) is 24.0. The minimum atomic E-state index is 0.303. The predicted molar refractivity (Wildman–Crippen MR) is 142 cm³/mol. The standard InChI is InChI=1S/C31H34N2O2/c1-21(2)33-18-17-31(3)20-26(14-16-29(31)33)34-25-12-9-22(10-13-25)24-11-15-28-27(19-24)32-30(35-28)23-7-5-4-6-8-23/h4-13,15,19,21,26,29H,14,16-18,20H2,1-3H3. The summed E-state index contributed by atoms with van der Waals surface area (Å²) in [6, 6.07) is 26.1. The average molecular weight is 467 g/mol. The molecular weight excluding hydrogens is 432 g/mol. The van der Waals surface area contributed by atoms with E-state index in [0.29, 0.717) is 29.5 Å². The molecule has 1 aliphatic heterocycles. The Labute approximate surface area is 207 Å². The van der Waals surface area contributed by atoms with Crippen LogP contribution in [0.25, 0.3) is 33.7 Å². The number of nitrogens with zero attached hydrogens (tertiary/aromatic N) is 2. The van der Waals surface area contributed by atoms with Gasteiger partial charge in [0.2, 0.25) is 5.89 Å². The number of ether oxygens (including phenoxy) is 1. The van der Waals surface area contributed by atoms with Gasteiger partial charge < -0.3 is 9.15 Å². The molecular formula is C31H34N2O2. The molecule has 0 spiro atoms. The molecule has 2 heterocycles. The van der Waals surface area contributed by atoms with E-state index >= 15 is 0 Å². The first kappa shape index (κ1) is 22.4. The van der Waals surface area contributed by atoms with E-state index in [9.17, 15) is 0 Å². The van der Waals surface area contributed by atoms with Crippen LogP contribution in [0.3, 0.4) is 0 Å². The predicted octanol–water partition coefficient (Wildman–Crippen LogP) is 7.58. The fraction of sp³-hybridized carbons (Fsp3) is 0.387. The molecule has 2 fully saturated rings. The third kappa shape index (κ3) is 4.25. The van der Waals surface area contributed by atoms with Crippen molar-refractivity contribution in [3.63, 3.8) is 0 Å². The second kappa shape index (κ2) is 8.83. The smallest absolute Gasteiger partial charge is 0.227 e. The lowest BCUT2D eigenvalue weighted by Crippen LogP contribution is -2.47. The lowest BCUT2D eigenvalue weighted by atomic mass is 9.70. The maximum atomic E-state index is 6.49. The number of likely N-dealkylation sites (tertiary alicyclic amines) is 1. The Morgan fingerprint density at radius 2 is 1.71 bits per heavy atom. The lowest BCUT2D eigenvalue weighted by Gasteiger charge is -2.43. The number of rotatable bonds is 5. The Kier molecular flexibility index (Phi) is 5.64. The summed E-state index contributed by atoms with van der Waals surface area (Å²) >= 11 is 0. The summed E-state index contributed by atoms with van der Waals surface area (Å²) in [6.45, 7) is 8.36. The van der Waals surface area contributed by atoms with Crippen LogP contribution < -0.4 is 4.74 Å². The van der Waals surface area contributed by atoms with Crippen LogP contribution in [0.2, 0.25) is 0 Å². The normalized spacial score (nSPS) is 24.7. The van der Waals surface area contributed by atoms with Crippen molar-refractivity contribution in [2.75, 3.05) is 6.54 Å². The number of fused-ring (bicyclic) bond motifs is 2. The van der Waals surface area contributed by atoms with E-state index in [1.54, 1.807) is 0 Å². The van der Waals surface area contributed by atoms with Gasteiger partial charge in [0.1, 0.15) is 11.3 Å². The third-order valence-electron chi connectivity index (χ3n) is 8.16. The van der Waals surface area contributed by atoms with E-state index < -0.39 is 0 Å². The Morgan fingerprint density at radius 3 is 2.49 bits per heavy atom. The highest BCUT2D eigenvalue weighted by atomic mass is 16.5. The average Bonchev–Trinajstić information content (AvgIpc) is 3.45. The van der Waals surface area contributed by atoms with Gasteiger partial charge in [0.05, 0.1) is 6.10 Å². The van der Waals surface area contributed by atoms with Crippen LogP contribution in [-0.2, 0) is 0 Å². The van der Waals surface area contributed by atoms with Gasteiger partial charge in [-0.3, -0.25) is 4.90 Å². The summed E-state index contributed by atoms with van der Waals surface area (Å²) in [5.41, 5.74) is 5.33. The van der Waals surface area contributed by atoms with Crippen molar-refractivity contribution >= 4 is 11.1 Å². The van der Waals surface area contributed by atoms with Crippen LogP contribution in [0.15, 0.2) is 77.2 Å². The lowest BCUT2D eigenvalue weighted by molar-refractivity contribution is 0.0274. The van der Waals surface area contributed by atoms with E-state index in [-0.39, 0.29) is 0 Å². The quantitative estimate of drug-likeness (QED) is 0.304. The van der Waals surface area contributed by atoms with E-state index in [1.165, 1.54) is 19.4 Å². The molecule has 6 rings (SSSR count). The second-order valence-corrected chi connectivity index (χ2v) is 10.9. The van der Waals surface area contributed by atoms with Crippen molar-refractivity contribution in [1.82, 2.24) is 9.88 Å². The fourth-order valence-electron chi connectivity index (χ4n) is 6.27. The topological polar surface area (TPSA) is 38.5 Å². The van der Waals surface area contributed by atoms with Crippen molar-refractivity contribution < 1.29 is 9.15 Å². The van der Waals surface area contributed by atoms with Gasteiger partial charge in [0, 0.05) is 17.6 Å². The maximum Gasteiger partial charge on any atom is 0.227 e. The summed E-state index contributed by atoms with van der Waals surface area (Å²) in [5.74, 6) is 1.62. The number of aromatic nitrogens is 1. The molecule has 3 aromatic carbocycles. The van der Waals surface area contributed by atoms with Gasteiger partial charge in [-0.15, -0.1) is 0 Å². The van der Waals surface area contributed by atoms with Crippen LogP contribution in [-0.4, -0.2) is 34.6 Å². The SMILES string of the molecule is CC(C)N1CCC2(C)CC(Oc3ccc(-c4ccc5oc(-c6ccccc6)nc5c4)cc3)CCC12. The molecule has 0 N–H and O–H groups in total. The first-order chi connectivity index (χ1) is 17.0. The minimum Gasteiger partial charge on any atom is -0.490 e. The van der Waals surface area contributed by atoms with Gasteiger partial charge in [-0.25, -0.2) is 4.98 Å². The monoisotopic (exact) mass is 466 g/mol. The Balaban J connectivity index is 1.15. The first-order valence-electron chi connectivity index (χ1n) is 13.0. The van der Waals surface area contributed by atoms with E-state index in [2.05, 4.69) is 62.1 Å². The van der Waals surface area contributed by atoms with Gasteiger partial charge in [-0.2, -0.15) is 0 Å². The van der Waals surface area contributed by atoms with Gasteiger partial charge in [-0.05, 0) is 99.0 Å². The van der Waals surface area contributed by atoms with Gasteiger partial charge >= 0.3 is 0 Å². The first-order valence-corrected chi connectivity index (χ1v) is 13.0. The summed E-state index contributed by atoms with van der Waals surface area (Å²) in [5, 5.41) is 0. The van der Waals surface area contributed by atoms with Gasteiger partial charge in [-0.1, -0.05) is 43.3 Å². The molecule has 180 valence electrons. The van der Waals surface area contributed by atoms with Crippen molar-refractivity contribution in [2.45, 2.75) is 64.6 Å². The molecule has 1 aliphatic carbocycles. The molecule has 3 unspecified atom stereocenters. The van der Waals surface area contributed by atoms with Crippen LogP contribution in [0.4, 0.5) is 0 Å². The summed E-state index contributed by atoms with van der Waals surface area (Å²) in [4.78, 5) is 7.43. The largest absolute Gasteiger partial charge is 0.490 e. The van der Waals surface area contributed by atoms with Crippen molar-refractivity contribution in [1.29, 1.82) is 0 Å². The maximum absolute atomic E-state index is 6.49. The van der Waals surface area contributed by atoms with Crippen molar-refractivity contribution in [2.24, 2.45) is 5.41 Å². The number of hydrogen-bond donors (Lipinski definition) is 0. The minimum absolute atomic E-state index is 0.303. The molecule has 1 saturated carbocycles. The van der Waals surface area contributed by atoms with E-state index in [1.807, 2.05) is 36.4 Å². The highest BCUT2D eigenvalue weighted by Crippen LogP contribution is 2.48. The molecule has 2 aliphatic rings. The van der Waals surface area contributed by atoms with Gasteiger partial charge in [0.15, 0.2) is 5.58 Å². The third-order valence-corrected chi connectivity index (χ3v) is 8.16. The van der Waals surface area contributed by atoms with Crippen LogP contribution in [0.1, 0.15) is 46.5 Å². The Hall–Kier alpha value is -3.11. The fourth-order valence-corrected chi connectivity index (χ4v) is 6.27. The molecule has 3 atom stereocenters. The number of benzene rings is 3. The molecule has 4 nitrogen and oxygen atoms in total. The van der Waals surface area contributed by atoms with Crippen LogP contribution in [0, 0.1) is 5.41 Å². The molecule has 0 bridgehead atoms. The van der Waals surface area contributed by atoms with Crippen molar-refractivity contribution in [3.8, 4) is 28.3 Å². The molecule has 0 radical (unpaired) electrons. The molecule has 1 aromatic heterocycles. The van der Waals surface area contributed by atoms with E-state index in [0.717, 1.165) is 46.4 Å². The molecule has 0 amide bonds. The zero-order valence-corrected chi connectivity index (χ0v) is 20.9. The Bertz CT molecular complexity index is 1310. The molecule has 4 heteroatoms. The molecule has 1 saturated heterocycles. The number of hydrogen-bond acceptors (Lipinski definition) is 4. The number of oxazole rings is 1. The summed E-state index contributed by atoms with van der Waals surface area (Å²) < 4.78 is 12.5. The zero-order valence-electron chi connectivity index (χ0n) is 20.9. The van der Waals surface area contributed by atoms with Crippen molar-refractivity contribution in [3.05, 3.63) is 72.8 Å². The van der Waals surface area contributed by atoms with Crippen LogP contribution in [0.5, 0.6) is 5.75 Å². The Morgan fingerprint density at radius 1 is 0.943 bits per heavy atom. The van der Waals surface area contributed by atoms with Gasteiger partial charge in [0.25, 0.3) is 0 Å².